The van der Waals surface area contributed by atoms with E-state index in [-0.39, 0.29) is 12.1 Å². The highest BCUT2D eigenvalue weighted by Gasteiger charge is 2.12. The van der Waals surface area contributed by atoms with Crippen molar-refractivity contribution in [3.63, 3.8) is 0 Å². The van der Waals surface area contributed by atoms with E-state index in [1.54, 1.807) is 11.8 Å². The molecule has 0 spiro atoms. The van der Waals surface area contributed by atoms with Crippen LogP contribution in [0, 0.1) is 0 Å². The van der Waals surface area contributed by atoms with Gasteiger partial charge in [0.2, 0.25) is 0 Å². The third-order valence-electron chi connectivity index (χ3n) is 2.48. The monoisotopic (exact) mass is 347 g/mol. The molecular formula is C14H22BrNO2S. The van der Waals surface area contributed by atoms with E-state index in [0.29, 0.717) is 5.75 Å². The fourth-order valence-electron chi connectivity index (χ4n) is 1.41. The standard InChI is InChI=1S/C14H22BrNO2S/c1-14(2,3)16-7-10-4-5-11(15)6-13(10)19-9-12(18)8-17/h4-6,12,16-18H,7-9H2,1-3H3. The summed E-state index contributed by atoms with van der Waals surface area (Å²) >= 11 is 5.03. The normalized spacial score (nSPS) is 13.6. The average Bonchev–Trinajstić information content (AvgIpc) is 2.33. The highest BCUT2D eigenvalue weighted by Crippen LogP contribution is 2.27. The van der Waals surface area contributed by atoms with Gasteiger partial charge < -0.3 is 15.5 Å². The van der Waals surface area contributed by atoms with Gasteiger partial charge in [0, 0.05) is 27.2 Å². The van der Waals surface area contributed by atoms with Gasteiger partial charge in [-0.05, 0) is 38.5 Å². The first-order valence-corrected chi connectivity index (χ1v) is 8.05. The largest absolute Gasteiger partial charge is 0.394 e. The van der Waals surface area contributed by atoms with E-state index in [9.17, 15) is 5.11 Å². The summed E-state index contributed by atoms with van der Waals surface area (Å²) in [6.07, 6.45) is -0.674. The molecule has 1 aromatic carbocycles. The zero-order valence-corrected chi connectivity index (χ0v) is 14.0. The number of aliphatic hydroxyl groups excluding tert-OH is 2. The zero-order chi connectivity index (χ0) is 14.5. The van der Waals surface area contributed by atoms with Crippen molar-refractivity contribution in [1.29, 1.82) is 0 Å². The second-order valence-electron chi connectivity index (χ2n) is 5.50. The van der Waals surface area contributed by atoms with Gasteiger partial charge in [0.25, 0.3) is 0 Å². The molecule has 0 heterocycles. The van der Waals surface area contributed by atoms with Crippen LogP contribution in [0.2, 0.25) is 0 Å². The maximum absolute atomic E-state index is 9.44. The van der Waals surface area contributed by atoms with Gasteiger partial charge in [-0.2, -0.15) is 0 Å². The SMILES string of the molecule is CC(C)(C)NCc1ccc(Br)cc1SCC(O)CO. The van der Waals surface area contributed by atoms with Crippen molar-refractivity contribution >= 4 is 27.7 Å². The minimum atomic E-state index is -0.674. The first-order valence-electron chi connectivity index (χ1n) is 6.27. The third kappa shape index (κ3) is 6.77. The van der Waals surface area contributed by atoms with Gasteiger partial charge >= 0.3 is 0 Å². The number of aliphatic hydroxyl groups is 2. The first kappa shape index (κ1) is 17.0. The van der Waals surface area contributed by atoms with E-state index in [2.05, 4.69) is 54.2 Å². The Hall–Kier alpha value is -0.0700. The van der Waals surface area contributed by atoms with Crippen LogP contribution >= 0.6 is 27.7 Å². The van der Waals surface area contributed by atoms with Crippen molar-refractivity contribution in [3.05, 3.63) is 28.2 Å². The predicted octanol–water partition coefficient (Wildman–Crippen LogP) is 2.78. The molecule has 0 aliphatic heterocycles. The second-order valence-corrected chi connectivity index (χ2v) is 7.48. The molecule has 0 aliphatic rings. The lowest BCUT2D eigenvalue weighted by atomic mass is 10.1. The molecular weight excluding hydrogens is 326 g/mol. The Kier molecular flexibility index (Phi) is 6.83. The Morgan fingerprint density at radius 3 is 2.63 bits per heavy atom. The van der Waals surface area contributed by atoms with Crippen LogP contribution in [0.3, 0.4) is 0 Å². The molecule has 0 fully saturated rings. The van der Waals surface area contributed by atoms with Crippen LogP contribution in [0.15, 0.2) is 27.6 Å². The van der Waals surface area contributed by atoms with Gasteiger partial charge in [-0.1, -0.05) is 22.0 Å². The highest BCUT2D eigenvalue weighted by molar-refractivity contribution is 9.10. The lowest BCUT2D eigenvalue weighted by molar-refractivity contribution is 0.113. The van der Waals surface area contributed by atoms with Crippen molar-refractivity contribution in [2.75, 3.05) is 12.4 Å². The number of nitrogens with one attached hydrogen (secondary N) is 1. The Balaban J connectivity index is 2.74. The summed E-state index contributed by atoms with van der Waals surface area (Å²) in [6, 6.07) is 6.15. The smallest absolute Gasteiger partial charge is 0.0864 e. The summed E-state index contributed by atoms with van der Waals surface area (Å²) in [6.45, 7) is 6.99. The summed E-state index contributed by atoms with van der Waals surface area (Å²) in [4.78, 5) is 1.12. The molecule has 19 heavy (non-hydrogen) atoms. The van der Waals surface area contributed by atoms with Crippen LogP contribution in [0.25, 0.3) is 0 Å². The molecule has 0 aliphatic carbocycles. The van der Waals surface area contributed by atoms with Crippen molar-refractivity contribution in [2.24, 2.45) is 0 Å². The summed E-state index contributed by atoms with van der Waals surface area (Å²) < 4.78 is 1.02. The van der Waals surface area contributed by atoms with Crippen LogP contribution in [-0.4, -0.2) is 34.2 Å². The van der Waals surface area contributed by atoms with E-state index in [1.165, 1.54) is 5.56 Å². The molecule has 1 rings (SSSR count). The molecule has 0 saturated carbocycles. The number of hydrogen-bond acceptors (Lipinski definition) is 4. The number of halogens is 1. The van der Waals surface area contributed by atoms with Crippen molar-refractivity contribution < 1.29 is 10.2 Å². The fraction of sp³-hybridized carbons (Fsp3) is 0.571. The number of hydrogen-bond donors (Lipinski definition) is 3. The van der Waals surface area contributed by atoms with Gasteiger partial charge in [0.1, 0.15) is 0 Å². The highest BCUT2D eigenvalue weighted by atomic mass is 79.9. The Bertz CT molecular complexity index is 407. The molecule has 108 valence electrons. The number of thioether (sulfide) groups is 1. The van der Waals surface area contributed by atoms with Gasteiger partial charge in [-0.15, -0.1) is 11.8 Å². The van der Waals surface area contributed by atoms with Crippen molar-refractivity contribution in [1.82, 2.24) is 5.32 Å². The Morgan fingerprint density at radius 2 is 2.05 bits per heavy atom. The summed E-state index contributed by atoms with van der Waals surface area (Å²) in [5, 5.41) is 21.8. The van der Waals surface area contributed by atoms with E-state index < -0.39 is 6.10 Å². The maximum Gasteiger partial charge on any atom is 0.0864 e. The van der Waals surface area contributed by atoms with Crippen molar-refractivity contribution in [3.8, 4) is 0 Å². The molecule has 3 nitrogen and oxygen atoms in total. The molecule has 5 heteroatoms. The van der Waals surface area contributed by atoms with Crippen LogP contribution in [-0.2, 0) is 6.54 Å². The van der Waals surface area contributed by atoms with Gasteiger partial charge in [-0.25, -0.2) is 0 Å². The van der Waals surface area contributed by atoms with E-state index in [4.69, 9.17) is 5.11 Å². The van der Waals surface area contributed by atoms with E-state index in [0.717, 1.165) is 15.9 Å². The Labute approximate surface area is 127 Å². The minimum Gasteiger partial charge on any atom is -0.394 e. The molecule has 0 radical (unpaired) electrons. The molecule has 0 bridgehead atoms. The number of rotatable bonds is 6. The van der Waals surface area contributed by atoms with Gasteiger partial charge in [0.05, 0.1) is 12.7 Å². The molecule has 0 amide bonds. The lowest BCUT2D eigenvalue weighted by Crippen LogP contribution is -2.35. The zero-order valence-electron chi connectivity index (χ0n) is 11.6. The number of benzene rings is 1. The second kappa shape index (κ2) is 7.64. The molecule has 0 aromatic heterocycles. The fourth-order valence-corrected chi connectivity index (χ4v) is 2.93. The minimum absolute atomic E-state index is 0.0691. The van der Waals surface area contributed by atoms with Crippen molar-refractivity contribution in [2.45, 2.75) is 43.9 Å². The first-order chi connectivity index (χ1) is 8.81. The van der Waals surface area contributed by atoms with Gasteiger partial charge in [0.15, 0.2) is 0 Å². The molecule has 1 aromatic rings. The van der Waals surface area contributed by atoms with Gasteiger partial charge in [-0.3, -0.25) is 0 Å². The molecule has 0 saturated heterocycles. The third-order valence-corrected chi connectivity index (χ3v) is 4.22. The molecule has 3 N–H and O–H groups in total. The summed E-state index contributed by atoms with van der Waals surface area (Å²) in [5.74, 6) is 0.496. The average molecular weight is 348 g/mol. The summed E-state index contributed by atoms with van der Waals surface area (Å²) in [7, 11) is 0. The molecule has 1 unspecified atom stereocenters. The molecule has 1 atom stereocenters. The van der Waals surface area contributed by atoms with E-state index >= 15 is 0 Å². The predicted molar refractivity (Wildman–Crippen MR) is 84.6 cm³/mol. The summed E-state index contributed by atoms with van der Waals surface area (Å²) in [5.41, 5.74) is 1.27. The maximum atomic E-state index is 9.44. The topological polar surface area (TPSA) is 52.5 Å². The van der Waals surface area contributed by atoms with Crippen LogP contribution in [0.1, 0.15) is 26.3 Å². The van der Waals surface area contributed by atoms with Crippen LogP contribution in [0.4, 0.5) is 0 Å². The van der Waals surface area contributed by atoms with Crippen LogP contribution < -0.4 is 5.32 Å². The van der Waals surface area contributed by atoms with Crippen LogP contribution in [0.5, 0.6) is 0 Å². The Morgan fingerprint density at radius 1 is 1.37 bits per heavy atom. The quantitative estimate of drug-likeness (QED) is 0.692. The van der Waals surface area contributed by atoms with E-state index in [1.807, 2.05) is 6.07 Å². The lowest BCUT2D eigenvalue weighted by Gasteiger charge is -2.22.